The van der Waals surface area contributed by atoms with E-state index in [1.54, 1.807) is 4.98 Å². The maximum absolute atomic E-state index is 13.4. The predicted molar refractivity (Wildman–Crippen MR) is 54.2 cm³/mol. The van der Waals surface area contributed by atoms with Crippen LogP contribution in [0.1, 0.15) is 0 Å². The van der Waals surface area contributed by atoms with Crippen molar-refractivity contribution in [1.29, 1.82) is 0 Å². The second-order valence-corrected chi connectivity index (χ2v) is 3.18. The summed E-state index contributed by atoms with van der Waals surface area (Å²) in [6, 6.07) is 4.95. The molecule has 0 spiro atoms. The smallest absolute Gasteiger partial charge is 0.336 e. The number of para-hydroxylation sites is 1. The molecule has 1 aromatic heterocycles. The summed E-state index contributed by atoms with van der Waals surface area (Å²) >= 11 is 0. The van der Waals surface area contributed by atoms with Gasteiger partial charge in [0.25, 0.3) is 5.56 Å². The highest BCUT2D eigenvalue weighted by Gasteiger charge is 2.16. The van der Waals surface area contributed by atoms with Crippen LogP contribution in [-0.2, 0) is 0 Å². The Morgan fingerprint density at radius 1 is 1.18 bits per heavy atom. The van der Waals surface area contributed by atoms with E-state index in [-0.39, 0.29) is 5.69 Å². The van der Waals surface area contributed by atoms with Gasteiger partial charge in [0.2, 0.25) is 11.7 Å². The van der Waals surface area contributed by atoms with Crippen molar-refractivity contribution in [2.75, 3.05) is 0 Å². The Morgan fingerprint density at radius 3 is 2.47 bits per heavy atom. The van der Waals surface area contributed by atoms with Gasteiger partial charge < -0.3 is 5.11 Å². The average Bonchev–Trinajstić information content (AvgIpc) is 2.29. The molecule has 0 amide bonds. The Bertz CT molecular complexity index is 691. The Morgan fingerprint density at radius 2 is 1.82 bits per heavy atom. The topological polar surface area (TPSA) is 75.1 Å². The van der Waals surface area contributed by atoms with Crippen LogP contribution in [0.15, 0.2) is 33.9 Å². The Balaban J connectivity index is 2.87. The molecule has 0 fully saturated rings. The van der Waals surface area contributed by atoms with Gasteiger partial charge in [-0.15, -0.1) is 0 Å². The molecule has 7 heteroatoms. The number of nitrogens with zero attached hydrogens (tertiary/aromatic N) is 1. The summed E-state index contributed by atoms with van der Waals surface area (Å²) in [6.45, 7) is 0. The second-order valence-electron chi connectivity index (χ2n) is 3.18. The lowest BCUT2D eigenvalue weighted by Gasteiger charge is -2.08. The highest BCUT2D eigenvalue weighted by Crippen LogP contribution is 2.17. The standard InChI is InChI=1S/C10H6F2N2O3/c11-5-3-1-2-4-6(5)14-9(16)7(12)8(15)13-10(14)17/h1-4,16H,(H,13,15,17). The lowest BCUT2D eigenvalue weighted by molar-refractivity contribution is 0.384. The van der Waals surface area contributed by atoms with Crippen LogP contribution >= 0.6 is 0 Å². The molecule has 2 N–H and O–H groups in total. The van der Waals surface area contributed by atoms with E-state index in [4.69, 9.17) is 0 Å². The fourth-order valence-corrected chi connectivity index (χ4v) is 1.36. The van der Waals surface area contributed by atoms with Gasteiger partial charge in [-0.25, -0.2) is 13.8 Å². The van der Waals surface area contributed by atoms with Crippen molar-refractivity contribution in [3.05, 3.63) is 56.7 Å². The van der Waals surface area contributed by atoms with Gasteiger partial charge in [0.15, 0.2) is 0 Å². The number of nitrogens with one attached hydrogen (secondary N) is 1. The van der Waals surface area contributed by atoms with Crippen molar-refractivity contribution in [3.8, 4) is 11.6 Å². The van der Waals surface area contributed by atoms with Crippen molar-refractivity contribution in [2.45, 2.75) is 0 Å². The van der Waals surface area contributed by atoms with Crippen LogP contribution in [0.4, 0.5) is 8.78 Å². The van der Waals surface area contributed by atoms with Crippen molar-refractivity contribution in [2.24, 2.45) is 0 Å². The SMILES string of the molecule is O=c1[nH]c(=O)n(-c2ccccc2F)c(O)c1F. The quantitative estimate of drug-likeness (QED) is 0.762. The predicted octanol–water partition coefficient (Wildman–Crippen LogP) is 0.510. The van der Waals surface area contributed by atoms with E-state index < -0.39 is 28.8 Å². The largest absolute Gasteiger partial charge is 0.492 e. The molecular weight excluding hydrogens is 234 g/mol. The molecule has 0 bridgehead atoms. The first-order chi connectivity index (χ1) is 8.02. The van der Waals surface area contributed by atoms with E-state index in [1.807, 2.05) is 0 Å². The van der Waals surface area contributed by atoms with Gasteiger partial charge >= 0.3 is 5.69 Å². The molecule has 17 heavy (non-hydrogen) atoms. The zero-order chi connectivity index (χ0) is 12.6. The number of aromatic hydroxyl groups is 1. The molecule has 1 heterocycles. The minimum atomic E-state index is -1.55. The van der Waals surface area contributed by atoms with E-state index in [1.165, 1.54) is 12.1 Å². The van der Waals surface area contributed by atoms with E-state index in [9.17, 15) is 23.5 Å². The minimum Gasteiger partial charge on any atom is -0.492 e. The third kappa shape index (κ3) is 1.71. The number of halogens is 2. The van der Waals surface area contributed by atoms with Gasteiger partial charge in [0.05, 0.1) is 5.69 Å². The first-order valence-electron chi connectivity index (χ1n) is 4.51. The van der Waals surface area contributed by atoms with Crippen LogP contribution < -0.4 is 11.2 Å². The van der Waals surface area contributed by atoms with E-state index >= 15 is 0 Å². The summed E-state index contributed by atoms with van der Waals surface area (Å²) in [6.07, 6.45) is 0. The van der Waals surface area contributed by atoms with Gasteiger partial charge in [-0.05, 0) is 12.1 Å². The average molecular weight is 240 g/mol. The number of benzene rings is 1. The molecule has 0 saturated carbocycles. The van der Waals surface area contributed by atoms with Crippen LogP contribution in [0.5, 0.6) is 5.88 Å². The maximum atomic E-state index is 13.4. The zero-order valence-corrected chi connectivity index (χ0v) is 8.28. The molecule has 2 rings (SSSR count). The fourth-order valence-electron chi connectivity index (χ4n) is 1.36. The van der Waals surface area contributed by atoms with Crippen molar-refractivity contribution in [1.82, 2.24) is 9.55 Å². The second kappa shape index (κ2) is 3.85. The summed E-state index contributed by atoms with van der Waals surface area (Å²) in [5.41, 5.74) is -2.84. The minimum absolute atomic E-state index is 0.339. The number of hydrogen-bond acceptors (Lipinski definition) is 3. The lowest BCUT2D eigenvalue weighted by Crippen LogP contribution is -2.31. The van der Waals surface area contributed by atoms with Gasteiger partial charge in [-0.2, -0.15) is 4.39 Å². The van der Waals surface area contributed by atoms with Crippen molar-refractivity contribution in [3.63, 3.8) is 0 Å². The van der Waals surface area contributed by atoms with Crippen molar-refractivity contribution >= 4 is 0 Å². The number of H-pyrrole nitrogens is 1. The molecular formula is C10H6F2N2O3. The lowest BCUT2D eigenvalue weighted by atomic mass is 10.3. The number of rotatable bonds is 1. The molecule has 0 aliphatic heterocycles. The molecule has 0 unspecified atom stereocenters. The van der Waals surface area contributed by atoms with Gasteiger partial charge in [-0.3, -0.25) is 9.78 Å². The van der Waals surface area contributed by atoms with E-state index in [2.05, 4.69) is 0 Å². The summed E-state index contributed by atoms with van der Waals surface area (Å²) in [7, 11) is 0. The molecule has 0 aliphatic rings. The first-order valence-corrected chi connectivity index (χ1v) is 4.51. The van der Waals surface area contributed by atoms with Crippen molar-refractivity contribution < 1.29 is 13.9 Å². The zero-order valence-electron chi connectivity index (χ0n) is 8.28. The third-order valence-corrected chi connectivity index (χ3v) is 2.12. The number of aromatic nitrogens is 2. The number of aromatic amines is 1. The van der Waals surface area contributed by atoms with Crippen LogP contribution in [-0.4, -0.2) is 14.7 Å². The van der Waals surface area contributed by atoms with Crippen LogP contribution in [0.2, 0.25) is 0 Å². The molecule has 2 aromatic rings. The maximum Gasteiger partial charge on any atom is 0.336 e. The highest BCUT2D eigenvalue weighted by atomic mass is 19.1. The Labute approximate surface area is 92.6 Å². The fraction of sp³-hybridized carbons (Fsp3) is 0. The van der Waals surface area contributed by atoms with Gasteiger partial charge in [0.1, 0.15) is 5.82 Å². The molecule has 0 atom stereocenters. The summed E-state index contributed by atoms with van der Waals surface area (Å²) in [5.74, 6) is -3.62. The monoisotopic (exact) mass is 240 g/mol. The highest BCUT2D eigenvalue weighted by molar-refractivity contribution is 5.36. The first kappa shape index (κ1) is 11.1. The molecule has 0 radical (unpaired) electrons. The third-order valence-electron chi connectivity index (χ3n) is 2.12. The Hall–Kier alpha value is -2.44. The normalized spacial score (nSPS) is 10.5. The van der Waals surface area contributed by atoms with Gasteiger partial charge in [-0.1, -0.05) is 12.1 Å². The summed E-state index contributed by atoms with van der Waals surface area (Å²) < 4.78 is 26.8. The number of hydrogen-bond donors (Lipinski definition) is 2. The van der Waals surface area contributed by atoms with E-state index in [0.717, 1.165) is 12.1 Å². The summed E-state index contributed by atoms with van der Waals surface area (Å²) in [4.78, 5) is 23.8. The molecule has 0 saturated heterocycles. The van der Waals surface area contributed by atoms with Gasteiger partial charge in [0, 0.05) is 0 Å². The molecule has 0 aliphatic carbocycles. The van der Waals surface area contributed by atoms with E-state index in [0.29, 0.717) is 4.57 Å². The summed E-state index contributed by atoms with van der Waals surface area (Å²) in [5, 5.41) is 9.34. The van der Waals surface area contributed by atoms with Crippen LogP contribution in [0, 0.1) is 11.6 Å². The van der Waals surface area contributed by atoms with Crippen LogP contribution in [0.3, 0.4) is 0 Å². The Kier molecular flexibility index (Phi) is 2.51. The molecule has 5 nitrogen and oxygen atoms in total. The van der Waals surface area contributed by atoms with Crippen LogP contribution in [0.25, 0.3) is 5.69 Å². The molecule has 88 valence electrons. The molecule has 1 aromatic carbocycles.